The quantitative estimate of drug-likeness (QED) is 0.458. The normalized spacial score (nSPS) is 10.8. The summed E-state index contributed by atoms with van der Waals surface area (Å²) in [6, 6.07) is 14.7. The topological polar surface area (TPSA) is 84.1 Å². The number of tetrazole rings is 1. The van der Waals surface area contributed by atoms with Gasteiger partial charge in [0.1, 0.15) is 18.1 Å². The van der Waals surface area contributed by atoms with Gasteiger partial charge < -0.3 is 9.47 Å². The van der Waals surface area contributed by atoms with Crippen LogP contribution in [0.1, 0.15) is 11.1 Å². The lowest BCUT2D eigenvalue weighted by molar-refractivity contribution is 0.305. The van der Waals surface area contributed by atoms with Gasteiger partial charge >= 0.3 is 5.69 Å². The molecule has 0 fully saturated rings. The number of aryl methyl sites for hydroxylation is 2. The van der Waals surface area contributed by atoms with Crippen molar-refractivity contribution in [1.82, 2.24) is 24.8 Å². The van der Waals surface area contributed by atoms with Crippen LogP contribution in [0.5, 0.6) is 11.5 Å². The highest BCUT2D eigenvalue weighted by Crippen LogP contribution is 2.34. The van der Waals surface area contributed by atoms with E-state index in [4.69, 9.17) is 21.1 Å². The molecule has 0 bridgehead atoms. The van der Waals surface area contributed by atoms with Gasteiger partial charge in [0.05, 0.1) is 23.5 Å². The van der Waals surface area contributed by atoms with Crippen LogP contribution in [0.2, 0.25) is 5.02 Å². The minimum absolute atomic E-state index is 0.203. The number of hydrogen-bond acceptors (Lipinski definition) is 6. The van der Waals surface area contributed by atoms with Crippen molar-refractivity contribution in [3.05, 3.63) is 81.4 Å². The molecule has 0 atom stereocenters. The Hall–Kier alpha value is -3.65. The average molecular weight is 438 g/mol. The summed E-state index contributed by atoms with van der Waals surface area (Å²) in [6.45, 7) is 2.17. The predicted octanol–water partition coefficient (Wildman–Crippen LogP) is 3.58. The molecule has 0 spiro atoms. The third-order valence-electron chi connectivity index (χ3n) is 4.85. The van der Waals surface area contributed by atoms with Crippen molar-refractivity contribution in [2.45, 2.75) is 13.5 Å². The maximum absolute atomic E-state index is 12.2. The SMILES string of the molecule is COc1ccnc(-c2cc(Cl)c(OCc3ccccc3-n3nnn(C)c3=O)cc2C)c1. The molecule has 0 amide bonds. The van der Waals surface area contributed by atoms with Crippen LogP contribution in [0.15, 0.2) is 59.5 Å². The van der Waals surface area contributed by atoms with Crippen LogP contribution in [0.3, 0.4) is 0 Å². The van der Waals surface area contributed by atoms with Crippen molar-refractivity contribution in [2.24, 2.45) is 7.05 Å². The van der Waals surface area contributed by atoms with E-state index in [1.165, 1.54) is 9.36 Å². The molecule has 9 heteroatoms. The van der Waals surface area contributed by atoms with Crippen LogP contribution in [-0.4, -0.2) is 31.9 Å². The first-order valence-corrected chi connectivity index (χ1v) is 9.86. The summed E-state index contributed by atoms with van der Waals surface area (Å²) in [4.78, 5) is 16.6. The fourth-order valence-corrected chi connectivity index (χ4v) is 3.41. The van der Waals surface area contributed by atoms with E-state index < -0.39 is 0 Å². The van der Waals surface area contributed by atoms with Gasteiger partial charge in [0, 0.05) is 30.4 Å². The molecule has 0 radical (unpaired) electrons. The number of rotatable bonds is 6. The van der Waals surface area contributed by atoms with E-state index >= 15 is 0 Å². The largest absolute Gasteiger partial charge is 0.497 e. The van der Waals surface area contributed by atoms with Crippen LogP contribution >= 0.6 is 11.6 Å². The Morgan fingerprint density at radius 2 is 1.90 bits per heavy atom. The predicted molar refractivity (Wildman–Crippen MR) is 117 cm³/mol. The summed E-state index contributed by atoms with van der Waals surface area (Å²) >= 11 is 6.51. The van der Waals surface area contributed by atoms with Crippen molar-refractivity contribution in [3.8, 4) is 28.4 Å². The van der Waals surface area contributed by atoms with Gasteiger partial charge in [-0.15, -0.1) is 0 Å². The molecule has 4 aromatic rings. The Morgan fingerprint density at radius 1 is 1.10 bits per heavy atom. The Morgan fingerprint density at radius 3 is 2.65 bits per heavy atom. The number of methoxy groups -OCH3 is 1. The van der Waals surface area contributed by atoms with Crippen LogP contribution in [0.25, 0.3) is 16.9 Å². The first-order valence-electron chi connectivity index (χ1n) is 9.48. The van der Waals surface area contributed by atoms with Gasteiger partial charge in [-0.3, -0.25) is 4.98 Å². The highest BCUT2D eigenvalue weighted by atomic mass is 35.5. The molecule has 0 saturated carbocycles. The van der Waals surface area contributed by atoms with E-state index in [-0.39, 0.29) is 12.3 Å². The lowest BCUT2D eigenvalue weighted by Crippen LogP contribution is -2.23. The second kappa shape index (κ2) is 8.61. The van der Waals surface area contributed by atoms with Crippen molar-refractivity contribution in [3.63, 3.8) is 0 Å². The zero-order valence-electron chi connectivity index (χ0n) is 17.2. The molecule has 2 aromatic carbocycles. The van der Waals surface area contributed by atoms with Crippen molar-refractivity contribution < 1.29 is 9.47 Å². The first kappa shape index (κ1) is 20.6. The summed E-state index contributed by atoms with van der Waals surface area (Å²) in [5, 5.41) is 8.14. The fraction of sp³-hybridized carbons (Fsp3) is 0.182. The number of nitrogens with zero attached hydrogens (tertiary/aromatic N) is 5. The molecule has 0 saturated heterocycles. The van der Waals surface area contributed by atoms with E-state index in [2.05, 4.69) is 15.4 Å². The number of para-hydroxylation sites is 1. The second-order valence-corrected chi connectivity index (χ2v) is 7.30. The summed E-state index contributed by atoms with van der Waals surface area (Å²) in [5.41, 5.74) is 3.65. The summed E-state index contributed by atoms with van der Waals surface area (Å²) in [7, 11) is 3.16. The van der Waals surface area contributed by atoms with Gasteiger partial charge in [-0.2, -0.15) is 9.36 Å². The van der Waals surface area contributed by atoms with E-state index in [1.54, 1.807) is 32.5 Å². The Kier molecular flexibility index (Phi) is 5.73. The molecule has 0 aliphatic rings. The minimum atomic E-state index is -0.337. The van der Waals surface area contributed by atoms with Crippen molar-refractivity contribution in [2.75, 3.05) is 7.11 Å². The fourth-order valence-electron chi connectivity index (χ4n) is 3.19. The maximum atomic E-state index is 12.2. The van der Waals surface area contributed by atoms with Gasteiger partial charge in [0.2, 0.25) is 0 Å². The van der Waals surface area contributed by atoms with E-state index in [1.807, 2.05) is 43.3 Å². The number of ether oxygens (including phenoxy) is 2. The van der Waals surface area contributed by atoms with Crippen LogP contribution in [0, 0.1) is 6.92 Å². The number of aromatic nitrogens is 5. The number of halogens is 1. The molecular formula is C22H20ClN5O3. The van der Waals surface area contributed by atoms with Crippen LogP contribution < -0.4 is 15.2 Å². The minimum Gasteiger partial charge on any atom is -0.497 e. The summed E-state index contributed by atoms with van der Waals surface area (Å²) < 4.78 is 13.7. The Balaban J connectivity index is 1.61. The van der Waals surface area contributed by atoms with Gasteiger partial charge in [0.15, 0.2) is 0 Å². The molecule has 0 N–H and O–H groups in total. The highest BCUT2D eigenvalue weighted by Gasteiger charge is 2.14. The third kappa shape index (κ3) is 4.15. The first-order chi connectivity index (χ1) is 15.0. The van der Waals surface area contributed by atoms with Crippen molar-refractivity contribution >= 4 is 11.6 Å². The smallest absolute Gasteiger partial charge is 0.368 e. The third-order valence-corrected chi connectivity index (χ3v) is 5.14. The molecule has 158 valence electrons. The molecule has 31 heavy (non-hydrogen) atoms. The molecular weight excluding hydrogens is 418 g/mol. The molecule has 0 aliphatic heterocycles. The molecule has 2 aromatic heterocycles. The summed E-state index contributed by atoms with van der Waals surface area (Å²) in [6.07, 6.45) is 1.69. The lowest BCUT2D eigenvalue weighted by Gasteiger charge is -2.14. The second-order valence-electron chi connectivity index (χ2n) is 6.89. The molecule has 0 unspecified atom stereocenters. The number of hydrogen-bond donors (Lipinski definition) is 0. The average Bonchev–Trinajstić information content (AvgIpc) is 3.12. The lowest BCUT2D eigenvalue weighted by atomic mass is 10.0. The van der Waals surface area contributed by atoms with E-state index in [0.29, 0.717) is 16.5 Å². The zero-order chi connectivity index (χ0) is 22.0. The van der Waals surface area contributed by atoms with Crippen molar-refractivity contribution in [1.29, 1.82) is 0 Å². The van der Waals surface area contributed by atoms with Gasteiger partial charge in [0.25, 0.3) is 0 Å². The number of pyridine rings is 1. The van der Waals surface area contributed by atoms with E-state index in [9.17, 15) is 4.79 Å². The zero-order valence-corrected chi connectivity index (χ0v) is 18.0. The van der Waals surface area contributed by atoms with Gasteiger partial charge in [-0.1, -0.05) is 29.8 Å². The molecule has 4 rings (SSSR count). The molecule has 0 aliphatic carbocycles. The standard InChI is InChI=1S/C22H20ClN5O3/c1-14-10-21(18(23)12-17(14)19-11-16(30-3)8-9-24-19)31-13-15-6-4-5-7-20(15)28-22(29)27(2)25-26-28/h4-12H,13H2,1-3H3. The van der Waals surface area contributed by atoms with E-state index in [0.717, 1.165) is 28.1 Å². The Bertz CT molecular complexity index is 1300. The van der Waals surface area contributed by atoms with Gasteiger partial charge in [-0.05, 0) is 47.2 Å². The molecule has 2 heterocycles. The van der Waals surface area contributed by atoms with Crippen LogP contribution in [-0.2, 0) is 13.7 Å². The maximum Gasteiger partial charge on any atom is 0.368 e. The van der Waals surface area contributed by atoms with Gasteiger partial charge in [-0.25, -0.2) is 4.79 Å². The van der Waals surface area contributed by atoms with Crippen LogP contribution in [0.4, 0.5) is 0 Å². The molecule has 8 nitrogen and oxygen atoms in total. The summed E-state index contributed by atoms with van der Waals surface area (Å²) in [5.74, 6) is 1.25. The Labute approximate surface area is 183 Å². The number of benzene rings is 2. The highest BCUT2D eigenvalue weighted by molar-refractivity contribution is 6.32. The monoisotopic (exact) mass is 437 g/mol.